The molecule has 8 heterocycles. The number of hydrogen-bond acceptors (Lipinski definition) is 19. The highest BCUT2D eigenvalue weighted by molar-refractivity contribution is 6.36. The molecule has 2 saturated carbocycles. The van der Waals surface area contributed by atoms with E-state index < -0.39 is 0 Å². The minimum atomic E-state index is -0.327. The number of halogens is 3. The third-order valence-corrected chi connectivity index (χ3v) is 31.4. The van der Waals surface area contributed by atoms with Crippen LogP contribution in [-0.4, -0.2) is 152 Å². The van der Waals surface area contributed by atoms with E-state index >= 15 is 0 Å². The van der Waals surface area contributed by atoms with E-state index in [1.807, 2.05) is 240 Å². The SMILES string of the molecule is CC(N)[C@@H](C(=O)Cc1cc2ccncc2cc1Cl)C1CCCCC1.CCN(C)C(C)[C@@H](C(=O)Cc1ccc2cnccc2c1F)c1ccccc1.CNCC[C@H](C(=O)Cc1ccc2cnccc2c1)c1ccccc1.NC[C@@H](C(=O)Cc1ccc2c(N)nccc2c1)c1ccccc1.O=C(Cc1ccc2cnccc2c1)[C@H](CN1CCCCC1)c1ccccc1.O=C(Cc1ccc2cnccc2c1Cl)[C@@H](C1CCCC1)C1CCCN1. The topological polar surface area (TPSA) is 288 Å². The van der Waals surface area contributed by atoms with Crippen molar-refractivity contribution in [2.45, 2.75) is 197 Å². The average molecular weight is 2050 g/mol. The molecule has 3 unspecified atom stereocenters. The van der Waals surface area contributed by atoms with Crippen molar-refractivity contribution in [3.8, 4) is 0 Å². The third kappa shape index (κ3) is 30.2. The molecule has 0 amide bonds. The molecule has 2 saturated heterocycles. The molecule has 776 valence electrons. The molecule has 9 atom stereocenters. The van der Waals surface area contributed by atoms with Crippen LogP contribution in [0.25, 0.3) is 64.6 Å². The number of nitrogens with zero attached hydrogens (tertiary/aromatic N) is 8. The summed E-state index contributed by atoms with van der Waals surface area (Å²) < 4.78 is 14.9. The van der Waals surface area contributed by atoms with Crippen molar-refractivity contribution < 1.29 is 33.2 Å². The number of carbonyl (C=O) groups is 6. The van der Waals surface area contributed by atoms with Gasteiger partial charge in [-0.2, -0.15) is 0 Å². The van der Waals surface area contributed by atoms with Gasteiger partial charge in [-0.05, 0) is 256 Å². The van der Waals surface area contributed by atoms with Crippen molar-refractivity contribution >= 4 is 128 Å². The maximum absolute atomic E-state index is 14.9. The molecule has 0 radical (unpaired) electrons. The Morgan fingerprint density at radius 1 is 0.440 bits per heavy atom. The van der Waals surface area contributed by atoms with E-state index in [-0.39, 0.29) is 83.0 Å². The van der Waals surface area contributed by atoms with Crippen molar-refractivity contribution in [1.29, 1.82) is 0 Å². The highest BCUT2D eigenvalue weighted by atomic mass is 35.5. The van der Waals surface area contributed by atoms with E-state index in [1.165, 1.54) is 70.6 Å². The van der Waals surface area contributed by atoms with Gasteiger partial charge in [-0.1, -0.05) is 269 Å². The summed E-state index contributed by atoms with van der Waals surface area (Å²) in [6, 6.07) is 81.2. The summed E-state index contributed by atoms with van der Waals surface area (Å²) in [6.45, 7) is 12.2. The number of fused-ring (bicyclic) bond motifs is 6. The predicted molar refractivity (Wildman–Crippen MR) is 610 cm³/mol. The Morgan fingerprint density at radius 2 is 0.900 bits per heavy atom. The highest BCUT2D eigenvalue weighted by Gasteiger charge is 2.39. The number of pyridine rings is 6. The number of nitrogens with two attached hydrogens (primary N) is 3. The molecule has 0 spiro atoms. The molecule has 20 rings (SSSR count). The van der Waals surface area contributed by atoms with Gasteiger partial charge in [0.1, 0.15) is 46.3 Å². The third-order valence-electron chi connectivity index (χ3n) is 30.6. The Bertz CT molecular complexity index is 7130. The lowest BCUT2D eigenvalue weighted by Gasteiger charge is -2.32. The first-order valence-corrected chi connectivity index (χ1v) is 54.3. The first kappa shape index (κ1) is 111. The molecule has 10 aromatic carbocycles. The minimum Gasteiger partial charge on any atom is -0.383 e. The van der Waals surface area contributed by atoms with Gasteiger partial charge in [0.15, 0.2) is 0 Å². The fraction of sp³-hybridized carbons (Fsp3) is 0.344. The number of Topliss-reactive ketones (excluding diaryl/α,β-unsaturated/α-hetero) is 6. The van der Waals surface area contributed by atoms with E-state index in [4.69, 9.17) is 40.4 Å². The van der Waals surface area contributed by atoms with E-state index in [9.17, 15) is 33.2 Å². The summed E-state index contributed by atoms with van der Waals surface area (Å²) >= 11 is 13.0. The number of likely N-dealkylation sites (N-methyl/N-ethyl adjacent to an activating group) is 1. The number of likely N-dealkylation sites (tertiary alicyclic amines) is 1. The molecule has 2 aliphatic carbocycles. The van der Waals surface area contributed by atoms with Crippen LogP contribution in [0.4, 0.5) is 10.2 Å². The largest absolute Gasteiger partial charge is 0.383 e. The van der Waals surface area contributed by atoms with Gasteiger partial charge >= 0.3 is 0 Å². The Kier molecular flexibility index (Phi) is 41.4. The molecule has 16 aromatic rings. The van der Waals surface area contributed by atoms with Crippen molar-refractivity contribution in [2.75, 3.05) is 65.6 Å². The average Bonchev–Trinajstić information content (AvgIpc) is 0.996. The minimum absolute atomic E-state index is 0.0256. The number of hydrogen-bond donors (Lipinski definition) is 5. The molecule has 22 heteroatoms. The molecular weight excluding hydrogens is 1910 g/mol. The van der Waals surface area contributed by atoms with Gasteiger partial charge in [0.25, 0.3) is 0 Å². The van der Waals surface area contributed by atoms with Gasteiger partial charge in [-0.3, -0.25) is 53.7 Å². The number of aromatic nitrogens is 6. The Hall–Kier alpha value is -13.3. The molecule has 2 aliphatic heterocycles. The highest BCUT2D eigenvalue weighted by Crippen LogP contribution is 2.40. The number of nitrogen functional groups attached to an aromatic ring is 1. The van der Waals surface area contributed by atoms with Crippen LogP contribution in [0.3, 0.4) is 0 Å². The van der Waals surface area contributed by atoms with Crippen LogP contribution < -0.4 is 27.8 Å². The second kappa shape index (κ2) is 56.0. The van der Waals surface area contributed by atoms with Crippen molar-refractivity contribution in [3.63, 3.8) is 0 Å². The standard InChI is InChI=1S/C24H26N2O.C23H25FN2O.C21H25ClN2O.C21H22N2O.C20H25ClN2O.C19H19N3O/c27-24(16-19-9-10-22-17-25-12-11-21(22)15-19)23(20-7-3-1-4-8-20)18-26-13-5-2-6-14-26;1-4-26(3)16(2)22(17-8-6-5-7-9-17)21(27)14-18-10-11-19-15-25-13-12-20(19)23(18)24;22-21-15(7-8-16-13-23-11-9-17(16)21)12-19(25)20(14-4-1-2-5-14)18-6-3-10-24-18;1-22-11-10-20(17-5-3-2-4-6-17)21(24)14-16-7-8-19-15-23-12-9-18(19)13-16;1-13(22)20(14-5-3-2-4-6-14)19(24)11-16-9-15-7-8-23-12-17(15)10-18(16)21;20-12-17(14-4-2-1-3-5-14)18(23)11-13-6-7-16-15(10-13)8-9-22-19(16)21/h1,3-4,7-12,15,17,23H,2,5-6,13-14,16,18H2;5-13,15-16,22H,4,14H2,1-3H3;7-9,11,13-14,18,20,24H,1-6,10,12H2;2-9,12-13,15,20,22H,10-11,14H2,1H3;7-10,12-14,20H,2-6,11,22H2,1H3;1-10,17H,11-12,20H2,(H2,21,22)/t23-;16?,22-;18?,20-;20-;13?,20-;17-/m110011/s1. The number of rotatable bonds is 35. The monoisotopic (exact) mass is 2050 g/mol. The van der Waals surface area contributed by atoms with E-state index in [0.717, 1.165) is 174 Å². The molecule has 4 aliphatic rings. The molecule has 4 fully saturated rings. The molecule has 150 heavy (non-hydrogen) atoms. The van der Waals surface area contributed by atoms with Gasteiger partial charge in [-0.15, -0.1) is 0 Å². The van der Waals surface area contributed by atoms with Gasteiger partial charge in [-0.25, -0.2) is 9.37 Å². The fourth-order valence-electron chi connectivity index (χ4n) is 22.3. The summed E-state index contributed by atoms with van der Waals surface area (Å²) in [5.41, 5.74) is 27.4. The van der Waals surface area contributed by atoms with Gasteiger partial charge in [0.05, 0.1) is 22.8 Å². The summed E-state index contributed by atoms with van der Waals surface area (Å²) in [7, 11) is 3.93. The maximum Gasteiger partial charge on any atom is 0.146 e. The quantitative estimate of drug-likeness (QED) is 0.0247. The van der Waals surface area contributed by atoms with Crippen LogP contribution in [0.15, 0.2) is 317 Å². The number of carbonyl (C=O) groups excluding carboxylic acids is 6. The number of ketones is 6. The summed E-state index contributed by atoms with van der Waals surface area (Å²) in [5.74, 6) is 1.86. The van der Waals surface area contributed by atoms with Crippen molar-refractivity contribution in [1.82, 2.24) is 50.3 Å². The van der Waals surface area contributed by atoms with Crippen LogP contribution >= 0.6 is 23.2 Å². The normalized spacial score (nSPS) is 15.9. The van der Waals surface area contributed by atoms with Crippen LogP contribution in [0.5, 0.6) is 0 Å². The predicted octanol–water partition coefficient (Wildman–Crippen LogP) is 24.7. The van der Waals surface area contributed by atoms with Crippen LogP contribution in [0, 0.1) is 29.5 Å². The van der Waals surface area contributed by atoms with E-state index in [2.05, 4.69) is 101 Å². The fourth-order valence-corrected chi connectivity index (χ4v) is 22.9. The first-order valence-electron chi connectivity index (χ1n) is 53.5. The molecule has 19 nitrogen and oxygen atoms in total. The van der Waals surface area contributed by atoms with Gasteiger partial charge < -0.3 is 37.6 Å². The number of nitrogens with one attached hydrogen (secondary N) is 2. The zero-order chi connectivity index (χ0) is 105. The zero-order valence-electron chi connectivity index (χ0n) is 87.1. The van der Waals surface area contributed by atoms with Gasteiger partial charge in [0, 0.05) is 204 Å². The lowest BCUT2D eigenvalue weighted by Crippen LogP contribution is -2.40. The Morgan fingerprint density at radius 3 is 1.46 bits per heavy atom. The zero-order valence-corrected chi connectivity index (χ0v) is 88.6. The maximum atomic E-state index is 14.9. The Balaban J connectivity index is 0.000000135. The van der Waals surface area contributed by atoms with Gasteiger partial charge in [0.2, 0.25) is 0 Å². The van der Waals surface area contributed by atoms with Crippen LogP contribution in [-0.2, 0) is 67.3 Å². The number of benzene rings is 10. The van der Waals surface area contributed by atoms with E-state index in [1.54, 1.807) is 61.7 Å². The smallest absolute Gasteiger partial charge is 0.146 e. The molecule has 0 bridgehead atoms. The first-order chi connectivity index (χ1) is 73.1. The van der Waals surface area contributed by atoms with Crippen molar-refractivity contribution in [2.24, 2.45) is 35.1 Å². The summed E-state index contributed by atoms with van der Waals surface area (Å²) in [4.78, 5) is 108. The number of piperidine rings is 1. The lowest BCUT2D eigenvalue weighted by molar-refractivity contribution is -0.125. The summed E-state index contributed by atoms with van der Waals surface area (Å²) in [5, 5.41) is 19.8. The van der Waals surface area contributed by atoms with Crippen molar-refractivity contribution in [3.05, 3.63) is 388 Å². The van der Waals surface area contributed by atoms with Crippen LogP contribution in [0.1, 0.15) is 196 Å². The molecule has 6 aromatic heterocycles. The lowest BCUT2D eigenvalue weighted by atomic mass is 9.74. The number of anilines is 1. The second-order valence-corrected chi connectivity index (χ2v) is 41.6. The Labute approximate surface area is 892 Å². The van der Waals surface area contributed by atoms with E-state index in [0.29, 0.717) is 94.9 Å². The van der Waals surface area contributed by atoms with Crippen LogP contribution in [0.2, 0.25) is 10.0 Å². The summed E-state index contributed by atoms with van der Waals surface area (Å²) in [6.07, 6.45) is 39.3. The molecular formula is C128H142Cl2FN13O6. The second-order valence-electron chi connectivity index (χ2n) is 40.8. The molecule has 8 N–H and O–H groups in total.